The minimum atomic E-state index is -3.24. The number of hydrogen-bond acceptors (Lipinski definition) is 5. The van der Waals surface area contributed by atoms with Crippen LogP contribution in [0.25, 0.3) is 0 Å². The number of aliphatic hydroxyl groups is 1. The summed E-state index contributed by atoms with van der Waals surface area (Å²) in [5, 5.41) is 12.3. The second kappa shape index (κ2) is 7.21. The number of rotatable bonds is 6. The number of ether oxygens (including phenoxy) is 2. The number of nitrogens with zero attached hydrogens (tertiary/aromatic N) is 1. The number of hydrogen-bond donors (Lipinski definition) is 2. The molecule has 1 aliphatic heterocycles. The lowest BCUT2D eigenvalue weighted by molar-refractivity contribution is -0.118. The molecule has 1 aliphatic rings. The van der Waals surface area contributed by atoms with Gasteiger partial charge >= 0.3 is 0 Å². The number of methoxy groups -OCH3 is 2. The maximum Gasteiger partial charge on any atom is 0.289 e. The summed E-state index contributed by atoms with van der Waals surface area (Å²) in [6, 6.07) is 3.56. The average Bonchev–Trinajstić information content (AvgIpc) is 2.55. The van der Waals surface area contributed by atoms with Crippen LogP contribution in [0.4, 0.5) is 8.78 Å². The summed E-state index contributed by atoms with van der Waals surface area (Å²) >= 11 is 0. The molecule has 1 aromatic rings. The SMILES string of the molecule is COc1ccc([C@H](N2CCNCC2)C(F)(F)CO)cc1OC. The van der Waals surface area contributed by atoms with Crippen LogP contribution in [0.15, 0.2) is 18.2 Å². The van der Waals surface area contributed by atoms with Crippen molar-refractivity contribution in [2.24, 2.45) is 0 Å². The van der Waals surface area contributed by atoms with Crippen LogP contribution in [0.5, 0.6) is 11.5 Å². The molecule has 5 nitrogen and oxygen atoms in total. The zero-order chi connectivity index (χ0) is 16.2. The van der Waals surface area contributed by atoms with Crippen molar-refractivity contribution in [1.29, 1.82) is 0 Å². The van der Waals surface area contributed by atoms with Crippen molar-refractivity contribution >= 4 is 0 Å². The number of aliphatic hydroxyl groups excluding tert-OH is 1. The smallest absolute Gasteiger partial charge is 0.289 e. The largest absolute Gasteiger partial charge is 0.493 e. The number of benzene rings is 1. The number of alkyl halides is 2. The molecule has 0 radical (unpaired) electrons. The molecule has 22 heavy (non-hydrogen) atoms. The van der Waals surface area contributed by atoms with Gasteiger partial charge in [-0.15, -0.1) is 0 Å². The van der Waals surface area contributed by atoms with Gasteiger partial charge in [-0.1, -0.05) is 6.07 Å². The van der Waals surface area contributed by atoms with Gasteiger partial charge in [-0.3, -0.25) is 4.90 Å². The monoisotopic (exact) mass is 316 g/mol. The number of nitrogens with one attached hydrogen (secondary N) is 1. The Labute approximate surface area is 128 Å². The third-order valence-corrected chi connectivity index (χ3v) is 3.85. The Morgan fingerprint density at radius 2 is 1.86 bits per heavy atom. The standard InChI is InChI=1S/C15H22F2N2O3/c1-21-12-4-3-11(9-13(12)22-2)14(15(16,17)10-20)19-7-5-18-6-8-19/h3-4,9,14,18,20H,5-8,10H2,1-2H3/t14-/m0/s1. The molecule has 0 bridgehead atoms. The van der Waals surface area contributed by atoms with Crippen LogP contribution in [0.2, 0.25) is 0 Å². The van der Waals surface area contributed by atoms with E-state index in [2.05, 4.69) is 5.32 Å². The fourth-order valence-electron chi connectivity index (χ4n) is 2.77. The first-order valence-corrected chi connectivity index (χ1v) is 7.19. The van der Waals surface area contributed by atoms with Gasteiger partial charge in [-0.25, -0.2) is 8.78 Å². The van der Waals surface area contributed by atoms with Gasteiger partial charge in [0.05, 0.1) is 14.2 Å². The summed E-state index contributed by atoms with van der Waals surface area (Å²) in [4.78, 5) is 1.69. The molecule has 0 amide bonds. The van der Waals surface area contributed by atoms with Crippen LogP contribution in [-0.2, 0) is 0 Å². The molecule has 0 saturated carbocycles. The zero-order valence-corrected chi connectivity index (χ0v) is 12.8. The van der Waals surface area contributed by atoms with Gasteiger partial charge in [0.2, 0.25) is 0 Å². The molecule has 0 spiro atoms. The zero-order valence-electron chi connectivity index (χ0n) is 12.8. The molecule has 0 aliphatic carbocycles. The predicted octanol–water partition coefficient (Wildman–Crippen LogP) is 1.28. The van der Waals surface area contributed by atoms with Crippen molar-refractivity contribution in [2.75, 3.05) is 47.0 Å². The molecular weight excluding hydrogens is 294 g/mol. The van der Waals surface area contributed by atoms with E-state index in [1.165, 1.54) is 14.2 Å². The molecule has 124 valence electrons. The summed E-state index contributed by atoms with van der Waals surface area (Å²) < 4.78 is 39.0. The van der Waals surface area contributed by atoms with Crippen LogP contribution in [-0.4, -0.2) is 62.9 Å². The quantitative estimate of drug-likeness (QED) is 0.828. The van der Waals surface area contributed by atoms with E-state index in [1.807, 2.05) is 0 Å². The summed E-state index contributed by atoms with van der Waals surface area (Å²) in [5.41, 5.74) is 0.401. The summed E-state index contributed by atoms with van der Waals surface area (Å²) in [6.07, 6.45) is 0. The van der Waals surface area contributed by atoms with Crippen LogP contribution in [0, 0.1) is 0 Å². The Morgan fingerprint density at radius 1 is 1.23 bits per heavy atom. The lowest BCUT2D eigenvalue weighted by Gasteiger charge is -2.38. The summed E-state index contributed by atoms with van der Waals surface area (Å²) in [6.45, 7) is 1.08. The molecule has 1 heterocycles. The third-order valence-electron chi connectivity index (χ3n) is 3.85. The van der Waals surface area contributed by atoms with Crippen molar-refractivity contribution < 1.29 is 23.4 Å². The first-order chi connectivity index (χ1) is 10.5. The van der Waals surface area contributed by atoms with Gasteiger partial charge in [0.15, 0.2) is 11.5 Å². The van der Waals surface area contributed by atoms with E-state index in [4.69, 9.17) is 14.6 Å². The fourth-order valence-corrected chi connectivity index (χ4v) is 2.77. The maximum atomic E-state index is 14.3. The molecule has 1 atom stereocenters. The van der Waals surface area contributed by atoms with Crippen molar-refractivity contribution in [2.45, 2.75) is 12.0 Å². The van der Waals surface area contributed by atoms with E-state index in [0.717, 1.165) is 0 Å². The lowest BCUT2D eigenvalue weighted by atomic mass is 9.97. The second-order valence-electron chi connectivity index (χ2n) is 5.22. The number of piperazine rings is 1. The molecular formula is C15H22F2N2O3. The van der Waals surface area contributed by atoms with Gasteiger partial charge in [0.1, 0.15) is 12.6 Å². The lowest BCUT2D eigenvalue weighted by Crippen LogP contribution is -2.51. The van der Waals surface area contributed by atoms with E-state index in [-0.39, 0.29) is 0 Å². The highest BCUT2D eigenvalue weighted by atomic mass is 19.3. The highest BCUT2D eigenvalue weighted by Crippen LogP contribution is 2.39. The van der Waals surface area contributed by atoms with Gasteiger partial charge < -0.3 is 19.9 Å². The fraction of sp³-hybridized carbons (Fsp3) is 0.600. The van der Waals surface area contributed by atoms with E-state index in [1.54, 1.807) is 23.1 Å². The Hall–Kier alpha value is -1.44. The van der Waals surface area contributed by atoms with E-state index in [0.29, 0.717) is 43.2 Å². The van der Waals surface area contributed by atoms with Gasteiger partial charge in [-0.2, -0.15) is 0 Å². The highest BCUT2D eigenvalue weighted by Gasteiger charge is 2.44. The normalized spacial score (nSPS) is 18.0. The van der Waals surface area contributed by atoms with Crippen molar-refractivity contribution in [3.05, 3.63) is 23.8 Å². The first kappa shape index (κ1) is 16.9. The van der Waals surface area contributed by atoms with Crippen molar-refractivity contribution in [3.63, 3.8) is 0 Å². The van der Waals surface area contributed by atoms with Crippen LogP contribution >= 0.6 is 0 Å². The van der Waals surface area contributed by atoms with Crippen LogP contribution in [0.1, 0.15) is 11.6 Å². The van der Waals surface area contributed by atoms with Crippen molar-refractivity contribution in [1.82, 2.24) is 10.2 Å². The Morgan fingerprint density at radius 3 is 2.41 bits per heavy atom. The van der Waals surface area contributed by atoms with Crippen LogP contribution < -0.4 is 14.8 Å². The number of halogens is 2. The molecule has 1 aromatic carbocycles. The minimum Gasteiger partial charge on any atom is -0.493 e. The van der Waals surface area contributed by atoms with Gasteiger partial charge in [-0.05, 0) is 17.7 Å². The van der Waals surface area contributed by atoms with Gasteiger partial charge in [0.25, 0.3) is 5.92 Å². The Balaban J connectivity index is 2.39. The summed E-state index contributed by atoms with van der Waals surface area (Å²) in [7, 11) is 2.96. The van der Waals surface area contributed by atoms with E-state index in [9.17, 15) is 8.78 Å². The van der Waals surface area contributed by atoms with Crippen molar-refractivity contribution in [3.8, 4) is 11.5 Å². The average molecular weight is 316 g/mol. The predicted molar refractivity (Wildman–Crippen MR) is 78.8 cm³/mol. The van der Waals surface area contributed by atoms with E-state index < -0.39 is 18.6 Å². The maximum absolute atomic E-state index is 14.3. The topological polar surface area (TPSA) is 54.0 Å². The first-order valence-electron chi connectivity index (χ1n) is 7.19. The molecule has 2 rings (SSSR count). The third kappa shape index (κ3) is 3.48. The Bertz CT molecular complexity index is 494. The highest BCUT2D eigenvalue weighted by molar-refractivity contribution is 5.44. The molecule has 2 N–H and O–H groups in total. The minimum absolute atomic E-state index is 0.397. The molecule has 1 saturated heterocycles. The van der Waals surface area contributed by atoms with Gasteiger partial charge in [0, 0.05) is 26.2 Å². The molecule has 1 fully saturated rings. The Kier molecular flexibility index (Phi) is 5.55. The molecule has 0 aromatic heterocycles. The second-order valence-corrected chi connectivity index (χ2v) is 5.22. The molecule has 7 heteroatoms. The van der Waals surface area contributed by atoms with E-state index >= 15 is 0 Å². The molecule has 0 unspecified atom stereocenters. The van der Waals surface area contributed by atoms with Crippen LogP contribution in [0.3, 0.4) is 0 Å². The summed E-state index contributed by atoms with van der Waals surface area (Å²) in [5.74, 6) is -2.36.